The van der Waals surface area contributed by atoms with Crippen molar-refractivity contribution in [3.05, 3.63) is 81.2 Å². The maximum Gasteiger partial charge on any atom is 0.264 e. The summed E-state index contributed by atoms with van der Waals surface area (Å²) >= 11 is 9.26. The van der Waals surface area contributed by atoms with Crippen LogP contribution in [0, 0.1) is 13.8 Å². The van der Waals surface area contributed by atoms with Gasteiger partial charge in [-0.3, -0.25) is 9.10 Å². The Morgan fingerprint density at radius 1 is 1.16 bits per heavy atom. The van der Waals surface area contributed by atoms with E-state index in [0.29, 0.717) is 22.2 Å². The number of hydrogen-bond acceptors (Lipinski definition) is 5. The van der Waals surface area contributed by atoms with Gasteiger partial charge in [0.15, 0.2) is 0 Å². The fourth-order valence-corrected chi connectivity index (χ4v) is 4.49. The van der Waals surface area contributed by atoms with Crippen LogP contribution in [0.15, 0.2) is 73.5 Å². The third-order valence-electron chi connectivity index (χ3n) is 4.27. The van der Waals surface area contributed by atoms with E-state index in [1.165, 1.54) is 30.5 Å². The molecule has 3 rings (SSSR count). The van der Waals surface area contributed by atoms with Gasteiger partial charge in [0.05, 0.1) is 21.3 Å². The highest BCUT2D eigenvalue weighted by Gasteiger charge is 2.27. The van der Waals surface area contributed by atoms with Crippen molar-refractivity contribution in [3.63, 3.8) is 0 Å². The highest BCUT2D eigenvalue weighted by atomic mass is 79.9. The summed E-state index contributed by atoms with van der Waals surface area (Å²) in [5.41, 5.74) is 3.55. The molecule has 0 radical (unpaired) electrons. The number of carbonyl (C=O) groups is 1. The first-order valence-electron chi connectivity index (χ1n) is 9.09. The third kappa shape index (κ3) is 5.75. The first-order chi connectivity index (χ1) is 14.7. The second kappa shape index (κ2) is 9.67. The summed E-state index contributed by atoms with van der Waals surface area (Å²) in [7, 11) is -4.01. The highest BCUT2D eigenvalue weighted by molar-refractivity contribution is 9.10. The van der Waals surface area contributed by atoms with Gasteiger partial charge < -0.3 is 4.42 Å². The Hall–Kier alpha value is -2.62. The Morgan fingerprint density at radius 3 is 2.39 bits per heavy atom. The van der Waals surface area contributed by atoms with Gasteiger partial charge in [0, 0.05) is 11.1 Å². The van der Waals surface area contributed by atoms with Crippen LogP contribution < -0.4 is 9.73 Å². The van der Waals surface area contributed by atoms with Crippen molar-refractivity contribution >= 4 is 55.4 Å². The van der Waals surface area contributed by atoms with Crippen molar-refractivity contribution < 1.29 is 17.6 Å². The molecule has 10 heteroatoms. The number of nitrogens with zero attached hydrogens (tertiary/aromatic N) is 2. The van der Waals surface area contributed by atoms with Crippen molar-refractivity contribution in [2.75, 3.05) is 10.8 Å². The molecule has 0 fully saturated rings. The van der Waals surface area contributed by atoms with Crippen LogP contribution in [0.3, 0.4) is 0 Å². The second-order valence-corrected chi connectivity index (χ2v) is 9.80. The zero-order valence-electron chi connectivity index (χ0n) is 16.7. The van der Waals surface area contributed by atoms with E-state index in [2.05, 4.69) is 26.5 Å². The number of sulfonamides is 1. The number of aryl methyl sites for hydroxylation is 2. The fraction of sp³-hybridized carbons (Fsp3) is 0.143. The number of amides is 1. The molecule has 162 valence electrons. The van der Waals surface area contributed by atoms with E-state index in [1.807, 2.05) is 6.92 Å². The van der Waals surface area contributed by atoms with E-state index in [4.69, 9.17) is 16.0 Å². The first kappa shape index (κ1) is 23.1. The third-order valence-corrected chi connectivity index (χ3v) is 7.10. The molecule has 1 heterocycles. The van der Waals surface area contributed by atoms with Gasteiger partial charge in [-0.15, -0.1) is 0 Å². The standard InChI is InChI=1S/C21H19BrClN3O4S/c1-14-3-9-19(10-4-14)31(28,29)26(17-7-5-16(23)6-8-17)13-21(27)25-24-12-18-11-20(22)15(2)30-18/h3-12H,13H2,1-2H3,(H,25,27)/b24-12-. The van der Waals surface area contributed by atoms with Gasteiger partial charge in [0.1, 0.15) is 18.1 Å². The summed E-state index contributed by atoms with van der Waals surface area (Å²) in [6.45, 7) is 3.16. The summed E-state index contributed by atoms with van der Waals surface area (Å²) in [6, 6.07) is 14.3. The van der Waals surface area contributed by atoms with Gasteiger partial charge in [-0.25, -0.2) is 13.8 Å². The van der Waals surface area contributed by atoms with Gasteiger partial charge >= 0.3 is 0 Å². The van der Waals surface area contributed by atoms with Gasteiger partial charge in [-0.2, -0.15) is 5.10 Å². The number of halogens is 2. The number of anilines is 1. The van der Waals surface area contributed by atoms with Crippen molar-refractivity contribution in [1.29, 1.82) is 0 Å². The van der Waals surface area contributed by atoms with Gasteiger partial charge in [0.2, 0.25) is 0 Å². The van der Waals surface area contributed by atoms with Gasteiger partial charge in [0.25, 0.3) is 15.9 Å². The Balaban J connectivity index is 1.83. The quantitative estimate of drug-likeness (QED) is 0.359. The number of nitrogens with one attached hydrogen (secondary N) is 1. The Bertz CT molecular complexity index is 1190. The lowest BCUT2D eigenvalue weighted by Crippen LogP contribution is -2.39. The molecule has 0 spiro atoms. The van der Waals surface area contributed by atoms with E-state index in [1.54, 1.807) is 37.3 Å². The smallest absolute Gasteiger partial charge is 0.264 e. The molecule has 0 aliphatic heterocycles. The lowest BCUT2D eigenvalue weighted by molar-refractivity contribution is -0.119. The zero-order valence-corrected chi connectivity index (χ0v) is 19.8. The molecule has 1 aromatic heterocycles. The molecular formula is C21H19BrClN3O4S. The highest BCUT2D eigenvalue weighted by Crippen LogP contribution is 2.25. The predicted molar refractivity (Wildman–Crippen MR) is 124 cm³/mol. The average Bonchev–Trinajstić information content (AvgIpc) is 3.04. The molecular weight excluding hydrogens is 506 g/mol. The summed E-state index contributed by atoms with van der Waals surface area (Å²) < 4.78 is 33.7. The molecule has 0 aliphatic rings. The maximum atomic E-state index is 13.3. The summed E-state index contributed by atoms with van der Waals surface area (Å²) in [5, 5.41) is 4.29. The van der Waals surface area contributed by atoms with Crippen LogP contribution in [0.5, 0.6) is 0 Å². The average molecular weight is 525 g/mol. The van der Waals surface area contributed by atoms with E-state index in [-0.39, 0.29) is 4.90 Å². The lowest BCUT2D eigenvalue weighted by Gasteiger charge is -2.23. The van der Waals surface area contributed by atoms with Crippen LogP contribution >= 0.6 is 27.5 Å². The van der Waals surface area contributed by atoms with Crippen LogP contribution in [0.2, 0.25) is 5.02 Å². The minimum absolute atomic E-state index is 0.0697. The van der Waals surface area contributed by atoms with Crippen LogP contribution in [-0.2, 0) is 14.8 Å². The zero-order chi connectivity index (χ0) is 22.6. The Morgan fingerprint density at radius 2 is 1.81 bits per heavy atom. The molecule has 0 aliphatic carbocycles. The normalized spacial score (nSPS) is 11.6. The number of carbonyl (C=O) groups excluding carboxylic acids is 1. The molecule has 0 saturated carbocycles. The number of hydrazone groups is 1. The molecule has 31 heavy (non-hydrogen) atoms. The monoisotopic (exact) mass is 523 g/mol. The van der Waals surface area contributed by atoms with Crippen molar-refractivity contribution in [3.8, 4) is 0 Å². The summed E-state index contributed by atoms with van der Waals surface area (Å²) in [5.74, 6) is 0.488. The SMILES string of the molecule is Cc1ccc(S(=O)(=O)N(CC(=O)N/N=C\c2cc(Br)c(C)o2)c2ccc(Cl)cc2)cc1. The largest absolute Gasteiger partial charge is 0.459 e. The number of benzene rings is 2. The van der Waals surface area contributed by atoms with E-state index < -0.39 is 22.5 Å². The molecule has 2 aromatic carbocycles. The predicted octanol–water partition coefficient (Wildman–Crippen LogP) is 4.66. The second-order valence-electron chi connectivity index (χ2n) is 6.65. The first-order valence-corrected chi connectivity index (χ1v) is 11.7. The van der Waals surface area contributed by atoms with Crippen molar-refractivity contribution in [2.45, 2.75) is 18.7 Å². The molecule has 0 unspecified atom stereocenters. The Labute approximate surface area is 193 Å². The Kier molecular flexibility index (Phi) is 7.19. The number of furan rings is 1. The van der Waals surface area contributed by atoms with Gasteiger partial charge in [-0.05, 0) is 66.2 Å². The van der Waals surface area contributed by atoms with E-state index in [9.17, 15) is 13.2 Å². The summed E-state index contributed by atoms with van der Waals surface area (Å²) in [6.07, 6.45) is 1.33. The van der Waals surface area contributed by atoms with Gasteiger partial charge in [-0.1, -0.05) is 29.3 Å². The van der Waals surface area contributed by atoms with Crippen LogP contribution in [-0.4, -0.2) is 27.1 Å². The minimum atomic E-state index is -4.01. The van der Waals surface area contributed by atoms with Crippen LogP contribution in [0.25, 0.3) is 0 Å². The topological polar surface area (TPSA) is 92.0 Å². The van der Waals surface area contributed by atoms with E-state index >= 15 is 0 Å². The fourth-order valence-electron chi connectivity index (χ4n) is 2.64. The maximum absolute atomic E-state index is 13.3. The molecule has 0 saturated heterocycles. The molecule has 0 bridgehead atoms. The lowest BCUT2D eigenvalue weighted by atomic mass is 10.2. The van der Waals surface area contributed by atoms with Crippen LogP contribution in [0.1, 0.15) is 17.1 Å². The minimum Gasteiger partial charge on any atom is -0.459 e. The molecule has 1 amide bonds. The van der Waals surface area contributed by atoms with E-state index in [0.717, 1.165) is 14.3 Å². The van der Waals surface area contributed by atoms with Crippen molar-refractivity contribution in [2.24, 2.45) is 5.10 Å². The number of hydrogen-bond donors (Lipinski definition) is 1. The summed E-state index contributed by atoms with van der Waals surface area (Å²) in [4.78, 5) is 12.6. The van der Waals surface area contributed by atoms with Crippen molar-refractivity contribution in [1.82, 2.24) is 5.43 Å². The molecule has 1 N–H and O–H groups in total. The molecule has 7 nitrogen and oxygen atoms in total. The number of rotatable bonds is 7. The molecule has 0 atom stereocenters. The van der Waals surface area contributed by atoms with Crippen LogP contribution in [0.4, 0.5) is 5.69 Å². The molecule has 3 aromatic rings.